The number of nitrogens with two attached hydrogens (primary N) is 1. The Hall–Kier alpha value is -1.36. The van der Waals surface area contributed by atoms with Crippen LogP contribution in [0.5, 0.6) is 0 Å². The maximum Gasteiger partial charge on any atom is 0.268 e. The minimum Gasteiger partial charge on any atom is -0.374 e. The minimum atomic E-state index is -0.571. The molecule has 1 saturated heterocycles. The number of hydrogen-bond acceptors (Lipinski definition) is 7. The molecule has 0 spiro atoms. The third-order valence-corrected chi connectivity index (χ3v) is 7.38. The summed E-state index contributed by atoms with van der Waals surface area (Å²) in [7, 11) is 0. The molecule has 0 saturated carbocycles. The van der Waals surface area contributed by atoms with E-state index in [2.05, 4.69) is 9.88 Å². The van der Waals surface area contributed by atoms with Crippen LogP contribution in [0.15, 0.2) is 22.5 Å². The number of carbonyl (C=O) groups excluding carboxylic acids is 2. The molecule has 2 aromatic rings. The van der Waals surface area contributed by atoms with Crippen LogP contribution in [0, 0.1) is 6.92 Å². The second-order valence-electron chi connectivity index (χ2n) is 6.90. The molecule has 0 aliphatic carbocycles. The normalized spacial score (nSPS) is 17.1. The molecule has 30 heavy (non-hydrogen) atoms. The van der Waals surface area contributed by atoms with Crippen LogP contribution in [0.2, 0.25) is 10.0 Å². The van der Waals surface area contributed by atoms with E-state index in [1.807, 2.05) is 12.1 Å². The van der Waals surface area contributed by atoms with Crippen molar-refractivity contribution in [2.45, 2.75) is 30.8 Å². The highest BCUT2D eigenvalue weighted by Gasteiger charge is 2.26. The number of primary amides is 1. The Balaban J connectivity index is 1.62. The molecular formula is C19H22Cl2N4O3S2. The average Bonchev–Trinajstić information content (AvgIpc) is 3.05. The molecule has 1 atom stereocenters. The highest BCUT2D eigenvalue weighted by Crippen LogP contribution is 2.30. The van der Waals surface area contributed by atoms with Gasteiger partial charge in [-0.05, 0) is 24.6 Å². The van der Waals surface area contributed by atoms with E-state index in [9.17, 15) is 9.59 Å². The Morgan fingerprint density at radius 3 is 2.80 bits per heavy atom. The van der Waals surface area contributed by atoms with Crippen molar-refractivity contribution in [3.05, 3.63) is 44.4 Å². The van der Waals surface area contributed by atoms with Crippen LogP contribution >= 0.6 is 46.5 Å². The number of nitrogens with zero attached hydrogens (tertiary/aromatic N) is 3. The fourth-order valence-electron chi connectivity index (χ4n) is 3.08. The predicted octanol–water partition coefficient (Wildman–Crippen LogP) is 3.61. The van der Waals surface area contributed by atoms with Crippen LogP contribution < -0.4 is 5.73 Å². The van der Waals surface area contributed by atoms with Crippen LogP contribution in [0.1, 0.15) is 27.9 Å². The Kier molecular flexibility index (Phi) is 8.00. The first-order chi connectivity index (χ1) is 14.2. The molecule has 0 radical (unpaired) electrons. The lowest BCUT2D eigenvalue weighted by molar-refractivity contribution is -0.126. The number of amides is 2. The van der Waals surface area contributed by atoms with Gasteiger partial charge in [0, 0.05) is 43.4 Å². The summed E-state index contributed by atoms with van der Waals surface area (Å²) in [5.74, 6) is -0.683. The van der Waals surface area contributed by atoms with Crippen LogP contribution in [-0.4, -0.2) is 58.3 Å². The summed E-state index contributed by atoms with van der Waals surface area (Å²) in [6.07, 6.45) is -0.144. The standard InChI is InChI=1S/C19H22Cl2N4O3S2/c1-11-17(18(22)27)23-19(29-11)30-25(12(2)26)10-14-9-24(5-6-28-14)8-13-3-4-15(20)16(21)7-13/h3-4,7,14H,5-6,8-10H2,1-2H3,(H2,22,27)/t14-/m0/s1. The lowest BCUT2D eigenvalue weighted by Gasteiger charge is -2.35. The van der Waals surface area contributed by atoms with E-state index >= 15 is 0 Å². The topological polar surface area (TPSA) is 88.8 Å². The van der Waals surface area contributed by atoms with Gasteiger partial charge >= 0.3 is 0 Å². The van der Waals surface area contributed by atoms with Gasteiger partial charge in [-0.3, -0.25) is 18.8 Å². The largest absolute Gasteiger partial charge is 0.374 e. The number of rotatable bonds is 7. The van der Waals surface area contributed by atoms with Crippen LogP contribution in [0.4, 0.5) is 0 Å². The fourth-order valence-corrected chi connectivity index (χ4v) is 5.53. The monoisotopic (exact) mass is 488 g/mol. The van der Waals surface area contributed by atoms with Crippen molar-refractivity contribution in [3.8, 4) is 0 Å². The quantitative estimate of drug-likeness (QED) is 0.598. The van der Waals surface area contributed by atoms with Gasteiger partial charge in [-0.1, -0.05) is 29.3 Å². The molecule has 0 unspecified atom stereocenters. The molecule has 3 rings (SSSR count). The molecule has 162 valence electrons. The SMILES string of the molecule is CC(=O)N(C[C@@H]1CN(Cc2ccc(Cl)c(Cl)c2)CCO1)Sc1nc(C(N)=O)c(C)s1. The molecule has 11 heteroatoms. The zero-order chi connectivity index (χ0) is 21.8. The van der Waals surface area contributed by atoms with Gasteiger partial charge in [0.2, 0.25) is 5.91 Å². The second-order valence-corrected chi connectivity index (χ2v) is 10.2. The van der Waals surface area contributed by atoms with Gasteiger partial charge in [-0.2, -0.15) is 0 Å². The molecule has 1 aromatic carbocycles. The van der Waals surface area contributed by atoms with Crippen molar-refractivity contribution >= 4 is 58.3 Å². The summed E-state index contributed by atoms with van der Waals surface area (Å²) in [6.45, 7) is 6.44. The van der Waals surface area contributed by atoms with E-state index in [-0.39, 0.29) is 17.7 Å². The zero-order valence-electron chi connectivity index (χ0n) is 16.6. The molecule has 2 N–H and O–H groups in total. The molecule has 1 aliphatic heterocycles. The summed E-state index contributed by atoms with van der Waals surface area (Å²) in [6, 6.07) is 5.62. The van der Waals surface area contributed by atoms with E-state index in [4.69, 9.17) is 33.7 Å². The van der Waals surface area contributed by atoms with Crippen LogP contribution in [0.3, 0.4) is 0 Å². The number of carbonyl (C=O) groups is 2. The summed E-state index contributed by atoms with van der Waals surface area (Å²) >= 11 is 14.7. The lowest BCUT2D eigenvalue weighted by atomic mass is 10.2. The Labute approximate surface area is 193 Å². The third kappa shape index (κ3) is 6.09. The number of thiazole rings is 1. The maximum atomic E-state index is 12.2. The number of morpholine rings is 1. The number of benzene rings is 1. The molecular weight excluding hydrogens is 467 g/mol. The number of aromatic nitrogens is 1. The first-order valence-electron chi connectivity index (χ1n) is 9.24. The van der Waals surface area contributed by atoms with Crippen LogP contribution in [-0.2, 0) is 16.1 Å². The predicted molar refractivity (Wildman–Crippen MR) is 120 cm³/mol. The van der Waals surface area contributed by atoms with E-state index in [0.717, 1.165) is 23.5 Å². The van der Waals surface area contributed by atoms with Gasteiger partial charge in [0.1, 0.15) is 5.69 Å². The molecule has 0 bridgehead atoms. The first kappa shape index (κ1) is 23.3. The molecule has 7 nitrogen and oxygen atoms in total. The lowest BCUT2D eigenvalue weighted by Crippen LogP contribution is -2.46. The summed E-state index contributed by atoms with van der Waals surface area (Å²) in [4.78, 5) is 30.9. The highest BCUT2D eigenvalue weighted by molar-refractivity contribution is 7.99. The fraction of sp³-hybridized carbons (Fsp3) is 0.421. The highest BCUT2D eigenvalue weighted by atomic mass is 35.5. The van der Waals surface area contributed by atoms with Gasteiger partial charge in [0.05, 0.1) is 29.3 Å². The number of ether oxygens (including phenoxy) is 1. The van der Waals surface area contributed by atoms with E-state index in [0.29, 0.717) is 34.1 Å². The third-order valence-electron chi connectivity index (χ3n) is 4.53. The molecule has 2 heterocycles. The smallest absolute Gasteiger partial charge is 0.268 e. The van der Waals surface area contributed by atoms with Gasteiger partial charge in [-0.15, -0.1) is 11.3 Å². The summed E-state index contributed by atoms with van der Waals surface area (Å²) in [5.41, 5.74) is 6.65. The van der Waals surface area contributed by atoms with Crippen molar-refractivity contribution in [3.63, 3.8) is 0 Å². The van der Waals surface area contributed by atoms with Crippen molar-refractivity contribution in [1.82, 2.24) is 14.2 Å². The molecule has 1 fully saturated rings. The van der Waals surface area contributed by atoms with Gasteiger partial charge in [0.15, 0.2) is 4.34 Å². The second kappa shape index (κ2) is 10.3. The van der Waals surface area contributed by atoms with Gasteiger partial charge in [-0.25, -0.2) is 4.98 Å². The van der Waals surface area contributed by atoms with E-state index in [1.165, 1.54) is 30.2 Å². The number of aryl methyl sites for hydroxylation is 1. The molecule has 1 aliphatic rings. The molecule has 1 aromatic heterocycles. The van der Waals surface area contributed by atoms with Crippen molar-refractivity contribution in [2.75, 3.05) is 26.2 Å². The average molecular weight is 489 g/mol. The maximum absolute atomic E-state index is 12.2. The minimum absolute atomic E-state index is 0.112. The number of halogens is 2. The van der Waals surface area contributed by atoms with Crippen molar-refractivity contribution in [2.24, 2.45) is 5.73 Å². The number of hydrogen-bond donors (Lipinski definition) is 1. The summed E-state index contributed by atoms with van der Waals surface area (Å²) < 4.78 is 8.09. The summed E-state index contributed by atoms with van der Waals surface area (Å²) in [5, 5.41) is 1.07. The zero-order valence-corrected chi connectivity index (χ0v) is 19.7. The van der Waals surface area contributed by atoms with Crippen molar-refractivity contribution in [1.29, 1.82) is 0 Å². The molecule has 2 amide bonds. The van der Waals surface area contributed by atoms with E-state index in [1.54, 1.807) is 17.3 Å². The van der Waals surface area contributed by atoms with Crippen molar-refractivity contribution < 1.29 is 14.3 Å². The Morgan fingerprint density at radius 1 is 1.40 bits per heavy atom. The first-order valence-corrected chi connectivity index (χ1v) is 11.6. The Bertz CT molecular complexity index is 940. The van der Waals surface area contributed by atoms with Gasteiger partial charge < -0.3 is 10.5 Å². The van der Waals surface area contributed by atoms with Crippen LogP contribution in [0.25, 0.3) is 0 Å². The van der Waals surface area contributed by atoms with Gasteiger partial charge in [0.25, 0.3) is 5.91 Å². The van der Waals surface area contributed by atoms with E-state index < -0.39 is 5.91 Å². The Morgan fingerprint density at radius 2 is 2.17 bits per heavy atom.